The Balaban J connectivity index is 2.22. The highest BCUT2D eigenvalue weighted by atomic mass is 16.7. The summed E-state index contributed by atoms with van der Waals surface area (Å²) in [7, 11) is 1.25. The average molecular weight is 397 g/mol. The van der Waals surface area contributed by atoms with E-state index in [0.29, 0.717) is 0 Å². The second kappa shape index (κ2) is 9.52. The highest BCUT2D eigenvalue weighted by molar-refractivity contribution is 5.73. The van der Waals surface area contributed by atoms with Gasteiger partial charge in [0, 0.05) is 14.0 Å². The molecule has 2 rings (SSSR count). The molecule has 0 saturated carbocycles. The van der Waals surface area contributed by atoms with E-state index in [1.165, 1.54) is 14.0 Å². The largest absolute Gasteiger partial charge is 0.394 e. The van der Waals surface area contributed by atoms with E-state index in [9.17, 15) is 35.4 Å². The molecule has 0 aromatic rings. The molecule has 7 N–H and O–H groups in total. The van der Waals surface area contributed by atoms with Crippen LogP contribution >= 0.6 is 0 Å². The van der Waals surface area contributed by atoms with Crippen molar-refractivity contribution in [1.29, 1.82) is 0 Å². The fraction of sp³-hybridized carbons (Fsp3) is 0.933. The van der Waals surface area contributed by atoms with Crippen LogP contribution < -0.4 is 5.32 Å². The van der Waals surface area contributed by atoms with E-state index in [2.05, 4.69) is 5.32 Å². The van der Waals surface area contributed by atoms with E-state index < -0.39 is 80.5 Å². The average Bonchev–Trinajstić information content (AvgIpc) is 2.64. The van der Waals surface area contributed by atoms with Gasteiger partial charge < -0.3 is 54.9 Å². The van der Waals surface area contributed by atoms with Crippen LogP contribution in [0, 0.1) is 0 Å². The van der Waals surface area contributed by atoms with Gasteiger partial charge in [0.15, 0.2) is 12.6 Å². The number of aliphatic hydroxyl groups is 6. The van der Waals surface area contributed by atoms with Crippen LogP contribution in [-0.2, 0) is 23.7 Å². The van der Waals surface area contributed by atoms with Crippen LogP contribution in [0.3, 0.4) is 0 Å². The summed E-state index contributed by atoms with van der Waals surface area (Å²) in [6.45, 7) is -0.0663. The smallest absolute Gasteiger partial charge is 0.217 e. The van der Waals surface area contributed by atoms with Gasteiger partial charge in [-0.3, -0.25) is 4.79 Å². The van der Waals surface area contributed by atoms with Crippen molar-refractivity contribution in [2.45, 2.75) is 68.3 Å². The van der Waals surface area contributed by atoms with E-state index in [1.54, 1.807) is 0 Å². The van der Waals surface area contributed by atoms with E-state index in [-0.39, 0.29) is 0 Å². The van der Waals surface area contributed by atoms with Gasteiger partial charge in [0.2, 0.25) is 5.91 Å². The van der Waals surface area contributed by atoms with Crippen molar-refractivity contribution in [3.63, 3.8) is 0 Å². The van der Waals surface area contributed by atoms with Gasteiger partial charge in [-0.25, -0.2) is 0 Å². The molecule has 0 aromatic carbocycles. The third-order valence-electron chi connectivity index (χ3n) is 4.59. The monoisotopic (exact) mass is 397 g/mol. The topological polar surface area (TPSA) is 187 Å². The molecule has 2 aliphatic heterocycles. The highest BCUT2D eigenvalue weighted by Gasteiger charge is 2.51. The fourth-order valence-corrected chi connectivity index (χ4v) is 3.16. The first-order valence-corrected chi connectivity index (χ1v) is 8.45. The number of nitrogens with one attached hydrogen (secondary N) is 1. The van der Waals surface area contributed by atoms with Gasteiger partial charge in [0.1, 0.15) is 48.8 Å². The summed E-state index contributed by atoms with van der Waals surface area (Å²) in [5.41, 5.74) is 0. The molecule has 10 atom stereocenters. The Hall–Kier alpha value is -0.930. The second-order valence-corrected chi connectivity index (χ2v) is 6.48. The zero-order valence-corrected chi connectivity index (χ0v) is 14.9. The lowest BCUT2D eigenvalue weighted by Crippen LogP contribution is -2.67. The maximum absolute atomic E-state index is 11.4. The van der Waals surface area contributed by atoms with Crippen LogP contribution in [0.15, 0.2) is 0 Å². The first-order chi connectivity index (χ1) is 12.7. The van der Waals surface area contributed by atoms with Gasteiger partial charge in [0.05, 0.1) is 13.2 Å². The third kappa shape index (κ3) is 4.74. The Morgan fingerprint density at radius 1 is 0.926 bits per heavy atom. The standard InChI is InChI=1S/C15H27NO11/c1-5(19)16-8-10(21)9(20)6(3-17)25-14(8)27-13-7(4-18)26-15(24-2)12(23)11(13)22/h6-15,17-18,20-23H,3-4H2,1-2H3,(H,16,19)/t6-,7-,8-,9-,10-,11-,12-,13+,14+,15-/m1/s1. The molecular weight excluding hydrogens is 370 g/mol. The molecule has 2 saturated heterocycles. The summed E-state index contributed by atoms with van der Waals surface area (Å²) >= 11 is 0. The minimum absolute atomic E-state index is 0.551. The lowest BCUT2D eigenvalue weighted by Gasteiger charge is -2.46. The van der Waals surface area contributed by atoms with Crippen LogP contribution in [0.25, 0.3) is 0 Å². The van der Waals surface area contributed by atoms with Gasteiger partial charge >= 0.3 is 0 Å². The number of aliphatic hydroxyl groups excluding tert-OH is 6. The van der Waals surface area contributed by atoms with Crippen LogP contribution in [-0.4, -0.2) is 118 Å². The zero-order chi connectivity index (χ0) is 20.3. The van der Waals surface area contributed by atoms with Crippen LogP contribution in [0.4, 0.5) is 0 Å². The van der Waals surface area contributed by atoms with Crippen molar-refractivity contribution >= 4 is 5.91 Å². The van der Waals surface area contributed by atoms with Gasteiger partial charge in [-0.2, -0.15) is 0 Å². The Kier molecular flexibility index (Phi) is 7.88. The normalized spacial score (nSPS) is 45.5. The SMILES string of the molecule is CO[C@@H]1O[C@H](CO)[C@H](O[C@@H]2O[C@H](CO)[C@@H](O)[C@H](O)[C@H]2NC(C)=O)[C@H](O)[C@H]1O. The van der Waals surface area contributed by atoms with Crippen LogP contribution in [0.1, 0.15) is 6.92 Å². The quantitative estimate of drug-likeness (QED) is 0.228. The molecule has 2 fully saturated rings. The number of carbonyl (C=O) groups excluding carboxylic acids is 1. The van der Waals surface area contributed by atoms with Crippen molar-refractivity contribution in [3.05, 3.63) is 0 Å². The molecule has 158 valence electrons. The summed E-state index contributed by atoms with van der Waals surface area (Å²) in [5.74, 6) is -0.551. The third-order valence-corrected chi connectivity index (χ3v) is 4.59. The van der Waals surface area contributed by atoms with E-state index in [1.807, 2.05) is 0 Å². The summed E-state index contributed by atoms with van der Waals surface area (Å²) in [6.07, 6.45) is -12.4. The maximum atomic E-state index is 11.4. The lowest BCUT2D eigenvalue weighted by atomic mass is 9.95. The van der Waals surface area contributed by atoms with E-state index >= 15 is 0 Å². The molecule has 12 heteroatoms. The molecule has 0 unspecified atom stereocenters. The zero-order valence-electron chi connectivity index (χ0n) is 14.9. The van der Waals surface area contributed by atoms with Gasteiger partial charge in [-0.15, -0.1) is 0 Å². The van der Waals surface area contributed by atoms with Crippen molar-refractivity contribution in [3.8, 4) is 0 Å². The fourth-order valence-electron chi connectivity index (χ4n) is 3.16. The maximum Gasteiger partial charge on any atom is 0.217 e. The van der Waals surface area contributed by atoms with Crippen molar-refractivity contribution < 1.29 is 54.4 Å². The Morgan fingerprint density at radius 2 is 1.52 bits per heavy atom. The molecule has 1 amide bonds. The lowest BCUT2D eigenvalue weighted by molar-refractivity contribution is -0.344. The molecule has 27 heavy (non-hydrogen) atoms. The second-order valence-electron chi connectivity index (χ2n) is 6.48. The molecule has 2 aliphatic rings. The molecule has 0 radical (unpaired) electrons. The molecule has 2 heterocycles. The molecule has 0 bridgehead atoms. The van der Waals surface area contributed by atoms with Gasteiger partial charge in [-0.1, -0.05) is 0 Å². The highest BCUT2D eigenvalue weighted by Crippen LogP contribution is 2.29. The molecular formula is C15H27NO11. The van der Waals surface area contributed by atoms with Gasteiger partial charge in [-0.05, 0) is 0 Å². The van der Waals surface area contributed by atoms with Crippen molar-refractivity contribution in [1.82, 2.24) is 5.32 Å². The first kappa shape index (κ1) is 22.4. The Morgan fingerprint density at radius 3 is 2.04 bits per heavy atom. The predicted molar refractivity (Wildman–Crippen MR) is 85.0 cm³/mol. The number of rotatable bonds is 6. The predicted octanol–water partition coefficient (Wildman–Crippen LogP) is -4.60. The minimum Gasteiger partial charge on any atom is -0.394 e. The first-order valence-electron chi connectivity index (χ1n) is 8.45. The van der Waals surface area contributed by atoms with Gasteiger partial charge in [0.25, 0.3) is 0 Å². The number of hydrogen-bond donors (Lipinski definition) is 7. The molecule has 0 aromatic heterocycles. The van der Waals surface area contributed by atoms with Crippen LogP contribution in [0.5, 0.6) is 0 Å². The Labute approximate surface area is 155 Å². The summed E-state index contributed by atoms with van der Waals surface area (Å²) in [6, 6.07) is -1.25. The van der Waals surface area contributed by atoms with Crippen molar-refractivity contribution in [2.24, 2.45) is 0 Å². The number of ether oxygens (including phenoxy) is 4. The molecule has 0 aliphatic carbocycles. The Bertz CT molecular complexity index is 492. The summed E-state index contributed by atoms with van der Waals surface area (Å²) in [5, 5.41) is 61.8. The van der Waals surface area contributed by atoms with Crippen LogP contribution in [0.2, 0.25) is 0 Å². The van der Waals surface area contributed by atoms with Crippen molar-refractivity contribution in [2.75, 3.05) is 20.3 Å². The van der Waals surface area contributed by atoms with E-state index in [0.717, 1.165) is 0 Å². The summed E-state index contributed by atoms with van der Waals surface area (Å²) < 4.78 is 21.2. The number of methoxy groups -OCH3 is 1. The number of carbonyl (C=O) groups is 1. The number of hydrogen-bond acceptors (Lipinski definition) is 11. The molecule has 12 nitrogen and oxygen atoms in total. The minimum atomic E-state index is -1.56. The summed E-state index contributed by atoms with van der Waals surface area (Å²) in [4.78, 5) is 11.4. The number of amides is 1. The molecule has 0 spiro atoms. The van der Waals surface area contributed by atoms with E-state index in [4.69, 9.17) is 18.9 Å².